The summed E-state index contributed by atoms with van der Waals surface area (Å²) in [5.41, 5.74) is 1.85. The first-order valence-corrected chi connectivity index (χ1v) is 13.5. The van der Waals surface area contributed by atoms with Crippen molar-refractivity contribution in [2.75, 3.05) is 39.5 Å². The van der Waals surface area contributed by atoms with Crippen molar-refractivity contribution in [2.24, 2.45) is 0 Å². The van der Waals surface area contributed by atoms with E-state index in [1.807, 2.05) is 17.5 Å². The molecule has 1 atom stereocenters. The molecule has 0 N–H and O–H groups in total. The Hall–Kier alpha value is -1.21. The SMILES string of the molecule is CCOCC[C@H]1CCc2sc3nccc(O[C@H]4CC[C@](CC)(N5CCOCC5)CC4)c3c21. The summed E-state index contributed by atoms with van der Waals surface area (Å²) < 4.78 is 18.0. The molecule has 2 aliphatic carbocycles. The van der Waals surface area contributed by atoms with Crippen LogP contribution >= 0.6 is 11.3 Å². The second kappa shape index (κ2) is 9.96. The number of morpholine rings is 1. The number of ether oxygens (including phenoxy) is 3. The quantitative estimate of drug-likeness (QED) is 0.485. The summed E-state index contributed by atoms with van der Waals surface area (Å²) >= 11 is 1.88. The van der Waals surface area contributed by atoms with Crippen LogP contribution in [0.3, 0.4) is 0 Å². The van der Waals surface area contributed by atoms with Crippen LogP contribution in [0.1, 0.15) is 75.2 Å². The number of pyridine rings is 1. The third-order valence-corrected chi connectivity index (χ3v) is 9.28. The molecule has 0 aromatic carbocycles. The van der Waals surface area contributed by atoms with Crippen molar-refractivity contribution in [3.8, 4) is 5.75 Å². The van der Waals surface area contributed by atoms with Crippen LogP contribution < -0.4 is 4.74 Å². The average Bonchev–Trinajstić information content (AvgIpc) is 3.40. The minimum Gasteiger partial charge on any atom is -0.490 e. The highest BCUT2D eigenvalue weighted by atomic mass is 32.1. The number of fused-ring (bicyclic) bond motifs is 3. The number of hydrogen-bond acceptors (Lipinski definition) is 6. The maximum atomic E-state index is 6.74. The summed E-state index contributed by atoms with van der Waals surface area (Å²) in [6.07, 6.45) is 11.7. The fourth-order valence-electron chi connectivity index (χ4n) is 6.24. The molecule has 32 heavy (non-hydrogen) atoms. The first kappa shape index (κ1) is 22.6. The van der Waals surface area contributed by atoms with E-state index in [0.717, 1.165) is 69.4 Å². The standard InChI is InChI=1S/C26H38N2O3S/c1-3-26(28-14-17-30-18-15-28)11-7-20(8-12-26)31-21-9-13-27-25-24(21)23-19(10-16-29-4-2)5-6-22(23)32-25/h9,13,19-20H,3-8,10-12,14-18H2,1-2H3/t19-,20-,26-/m1/s1. The van der Waals surface area contributed by atoms with E-state index >= 15 is 0 Å². The van der Waals surface area contributed by atoms with Gasteiger partial charge in [0.25, 0.3) is 0 Å². The van der Waals surface area contributed by atoms with Gasteiger partial charge in [-0.05, 0) is 75.8 Å². The van der Waals surface area contributed by atoms with Crippen LogP contribution in [0.2, 0.25) is 0 Å². The van der Waals surface area contributed by atoms with Gasteiger partial charge in [-0.15, -0.1) is 11.3 Å². The van der Waals surface area contributed by atoms with Crippen molar-refractivity contribution < 1.29 is 14.2 Å². The predicted octanol–water partition coefficient (Wildman–Crippen LogP) is 5.56. The summed E-state index contributed by atoms with van der Waals surface area (Å²) in [4.78, 5) is 10.1. The van der Waals surface area contributed by atoms with Gasteiger partial charge in [0.15, 0.2) is 0 Å². The lowest BCUT2D eigenvalue weighted by molar-refractivity contribution is -0.0510. The molecule has 0 amide bonds. The number of nitrogens with zero attached hydrogens (tertiary/aromatic N) is 2. The maximum Gasteiger partial charge on any atom is 0.131 e. The molecule has 0 spiro atoms. The van der Waals surface area contributed by atoms with Crippen LogP contribution in [0, 0.1) is 0 Å². The number of aromatic nitrogens is 1. The normalized spacial score (nSPS) is 28.8. The number of hydrogen-bond donors (Lipinski definition) is 0. The van der Waals surface area contributed by atoms with Gasteiger partial charge in [-0.1, -0.05) is 6.92 Å². The Kier molecular flexibility index (Phi) is 7.03. The Balaban J connectivity index is 1.31. The molecule has 1 saturated heterocycles. The predicted molar refractivity (Wildman–Crippen MR) is 130 cm³/mol. The van der Waals surface area contributed by atoms with E-state index < -0.39 is 0 Å². The monoisotopic (exact) mass is 458 g/mol. The lowest BCUT2D eigenvalue weighted by Gasteiger charge is -2.49. The molecular weight excluding hydrogens is 420 g/mol. The van der Waals surface area contributed by atoms with E-state index in [0.29, 0.717) is 17.6 Å². The van der Waals surface area contributed by atoms with Crippen molar-refractivity contribution >= 4 is 21.6 Å². The van der Waals surface area contributed by atoms with Crippen molar-refractivity contribution in [2.45, 2.75) is 82.8 Å². The first-order valence-electron chi connectivity index (χ1n) is 12.7. The van der Waals surface area contributed by atoms with Gasteiger partial charge in [0.1, 0.15) is 10.6 Å². The van der Waals surface area contributed by atoms with E-state index in [1.54, 1.807) is 0 Å². The minimum absolute atomic E-state index is 0.306. The van der Waals surface area contributed by atoms with Crippen molar-refractivity contribution in [1.82, 2.24) is 9.88 Å². The van der Waals surface area contributed by atoms with Gasteiger partial charge >= 0.3 is 0 Å². The van der Waals surface area contributed by atoms with Gasteiger partial charge in [-0.2, -0.15) is 0 Å². The van der Waals surface area contributed by atoms with E-state index in [9.17, 15) is 0 Å². The van der Waals surface area contributed by atoms with Crippen molar-refractivity contribution in [3.63, 3.8) is 0 Å². The smallest absolute Gasteiger partial charge is 0.131 e. The molecule has 1 saturated carbocycles. The Labute approximate surface area is 196 Å². The lowest BCUT2D eigenvalue weighted by Crippen LogP contribution is -2.55. The van der Waals surface area contributed by atoms with E-state index in [1.165, 1.54) is 47.9 Å². The van der Waals surface area contributed by atoms with Gasteiger partial charge < -0.3 is 14.2 Å². The zero-order valence-corrected chi connectivity index (χ0v) is 20.6. The second-order valence-electron chi connectivity index (χ2n) is 9.64. The molecular formula is C26H38N2O3S. The van der Waals surface area contributed by atoms with Gasteiger partial charge in [0.2, 0.25) is 0 Å². The molecule has 2 aromatic heterocycles. The Morgan fingerprint density at radius 1 is 1.19 bits per heavy atom. The summed E-state index contributed by atoms with van der Waals surface area (Å²) in [5, 5.41) is 1.30. The molecule has 5 nitrogen and oxygen atoms in total. The molecule has 0 unspecified atom stereocenters. The summed E-state index contributed by atoms with van der Waals surface area (Å²) in [5.74, 6) is 1.65. The highest BCUT2D eigenvalue weighted by molar-refractivity contribution is 7.19. The Bertz CT molecular complexity index is 900. The fraction of sp³-hybridized carbons (Fsp3) is 0.731. The number of rotatable bonds is 8. The molecule has 1 aliphatic heterocycles. The summed E-state index contributed by atoms with van der Waals surface area (Å²) in [7, 11) is 0. The maximum absolute atomic E-state index is 6.74. The molecule has 176 valence electrons. The zero-order valence-electron chi connectivity index (χ0n) is 19.7. The largest absolute Gasteiger partial charge is 0.490 e. The van der Waals surface area contributed by atoms with Crippen molar-refractivity contribution in [3.05, 3.63) is 22.7 Å². The van der Waals surface area contributed by atoms with E-state index in [2.05, 4.69) is 24.8 Å². The third-order valence-electron chi connectivity index (χ3n) is 8.11. The second-order valence-corrected chi connectivity index (χ2v) is 10.7. The van der Waals surface area contributed by atoms with Crippen LogP contribution in [-0.4, -0.2) is 61.0 Å². The summed E-state index contributed by atoms with van der Waals surface area (Å²) in [6.45, 7) is 9.99. The first-order chi connectivity index (χ1) is 15.7. The average molecular weight is 459 g/mol. The molecule has 0 radical (unpaired) electrons. The molecule has 6 heteroatoms. The molecule has 5 rings (SSSR count). The van der Waals surface area contributed by atoms with Gasteiger partial charge in [-0.25, -0.2) is 4.98 Å². The molecule has 2 fully saturated rings. The zero-order chi connectivity index (χ0) is 22.0. The van der Waals surface area contributed by atoms with Crippen LogP contribution in [-0.2, 0) is 15.9 Å². The van der Waals surface area contributed by atoms with Gasteiger partial charge in [-0.3, -0.25) is 4.90 Å². The Morgan fingerprint density at radius 2 is 2.00 bits per heavy atom. The number of thiophene rings is 1. The molecule has 2 aromatic rings. The van der Waals surface area contributed by atoms with Crippen molar-refractivity contribution in [1.29, 1.82) is 0 Å². The van der Waals surface area contributed by atoms with E-state index in [4.69, 9.17) is 19.2 Å². The van der Waals surface area contributed by atoms with Crippen LogP contribution in [0.5, 0.6) is 5.75 Å². The molecule has 3 heterocycles. The minimum atomic E-state index is 0.306. The lowest BCUT2D eigenvalue weighted by atomic mass is 9.77. The topological polar surface area (TPSA) is 43.8 Å². The van der Waals surface area contributed by atoms with E-state index in [-0.39, 0.29) is 0 Å². The van der Waals surface area contributed by atoms with Gasteiger partial charge in [0, 0.05) is 42.9 Å². The molecule has 0 bridgehead atoms. The summed E-state index contributed by atoms with van der Waals surface area (Å²) in [6, 6.07) is 2.11. The fourth-order valence-corrected chi connectivity index (χ4v) is 7.50. The highest BCUT2D eigenvalue weighted by Crippen LogP contribution is 2.48. The molecule has 3 aliphatic rings. The Morgan fingerprint density at radius 3 is 2.75 bits per heavy atom. The third kappa shape index (κ3) is 4.31. The van der Waals surface area contributed by atoms with Crippen LogP contribution in [0.4, 0.5) is 0 Å². The van der Waals surface area contributed by atoms with Crippen LogP contribution in [0.15, 0.2) is 12.3 Å². The highest BCUT2D eigenvalue weighted by Gasteiger charge is 2.40. The van der Waals surface area contributed by atoms with Gasteiger partial charge in [0.05, 0.1) is 24.7 Å². The number of aryl methyl sites for hydroxylation is 1. The van der Waals surface area contributed by atoms with Crippen LogP contribution in [0.25, 0.3) is 10.2 Å².